The van der Waals surface area contributed by atoms with Crippen LogP contribution in [-0.2, 0) is 0 Å². The van der Waals surface area contributed by atoms with Gasteiger partial charge in [-0.1, -0.05) is 25.2 Å². The number of hydrogen-bond donors (Lipinski definition) is 1. The Hall–Kier alpha value is -0.770. The lowest BCUT2D eigenvalue weighted by Gasteiger charge is -2.28. The van der Waals surface area contributed by atoms with Crippen LogP contribution in [0.2, 0.25) is 0 Å². The van der Waals surface area contributed by atoms with Crippen molar-refractivity contribution in [1.29, 1.82) is 0 Å². The highest BCUT2D eigenvalue weighted by molar-refractivity contribution is 5.30. The maximum atomic E-state index is 12.5. The van der Waals surface area contributed by atoms with Gasteiger partial charge in [0.25, 0.3) is 0 Å². The minimum absolute atomic E-state index is 0.0442. The maximum Gasteiger partial charge on any atom is 0.416 e. The highest BCUT2D eigenvalue weighted by atomic mass is 19.4. The van der Waals surface area contributed by atoms with Crippen molar-refractivity contribution in [1.82, 2.24) is 5.32 Å². The first-order valence-electron chi connectivity index (χ1n) is 5.69. The van der Waals surface area contributed by atoms with Gasteiger partial charge in [-0.3, -0.25) is 0 Å². The lowest BCUT2D eigenvalue weighted by molar-refractivity contribution is -0.0891. The molecule has 16 heavy (non-hydrogen) atoms. The smallest absolute Gasteiger partial charge is 0.313 e. The molecule has 0 aromatic rings. The van der Waals surface area contributed by atoms with E-state index in [1.165, 1.54) is 12.2 Å². The van der Waals surface area contributed by atoms with Gasteiger partial charge in [-0.15, -0.1) is 0 Å². The van der Waals surface area contributed by atoms with Crippen molar-refractivity contribution in [2.24, 2.45) is 11.8 Å². The molecule has 2 aliphatic rings. The molecular weight excluding hydrogens is 215 g/mol. The van der Waals surface area contributed by atoms with Gasteiger partial charge in [-0.25, -0.2) is 0 Å². The van der Waals surface area contributed by atoms with Crippen LogP contribution in [0.3, 0.4) is 0 Å². The molecule has 0 saturated carbocycles. The van der Waals surface area contributed by atoms with Crippen molar-refractivity contribution in [3.05, 3.63) is 23.8 Å². The van der Waals surface area contributed by atoms with Crippen LogP contribution in [0.1, 0.15) is 19.8 Å². The molecule has 1 N–H and O–H groups in total. The predicted octanol–water partition coefficient (Wildman–Crippen LogP) is 3.05. The van der Waals surface area contributed by atoms with Crippen molar-refractivity contribution >= 4 is 0 Å². The van der Waals surface area contributed by atoms with E-state index in [1.807, 2.05) is 6.92 Å². The van der Waals surface area contributed by atoms with E-state index < -0.39 is 11.7 Å². The summed E-state index contributed by atoms with van der Waals surface area (Å²) in [6.07, 6.45) is 2.27. The number of hydrogen-bond acceptors (Lipinski definition) is 1. The van der Waals surface area contributed by atoms with Gasteiger partial charge in [0.05, 0.1) is 5.57 Å². The molecule has 0 radical (unpaired) electrons. The molecule has 1 aliphatic heterocycles. The Labute approximate surface area is 93.4 Å². The van der Waals surface area contributed by atoms with Crippen molar-refractivity contribution in [3.63, 3.8) is 0 Å². The fourth-order valence-electron chi connectivity index (χ4n) is 2.57. The van der Waals surface area contributed by atoms with Crippen LogP contribution < -0.4 is 5.32 Å². The number of alkyl halides is 3. The Kier molecular flexibility index (Phi) is 3.10. The summed E-state index contributed by atoms with van der Waals surface area (Å²) in [5.41, 5.74) is -0.505. The highest BCUT2D eigenvalue weighted by Gasteiger charge is 2.36. The number of halogens is 3. The van der Waals surface area contributed by atoms with E-state index in [2.05, 4.69) is 5.32 Å². The zero-order valence-corrected chi connectivity index (χ0v) is 9.22. The first-order chi connectivity index (χ1) is 7.48. The second kappa shape index (κ2) is 4.24. The Balaban J connectivity index is 2.08. The molecular formula is C12H16F3N. The van der Waals surface area contributed by atoms with E-state index in [9.17, 15) is 13.2 Å². The van der Waals surface area contributed by atoms with Crippen molar-refractivity contribution in [2.45, 2.75) is 32.0 Å². The Morgan fingerprint density at radius 1 is 1.38 bits per heavy atom. The normalized spacial score (nSPS) is 35.2. The largest absolute Gasteiger partial charge is 0.416 e. The second-order valence-corrected chi connectivity index (χ2v) is 4.62. The first kappa shape index (κ1) is 11.7. The molecule has 0 bridgehead atoms. The summed E-state index contributed by atoms with van der Waals surface area (Å²) in [6.45, 7) is 2.84. The van der Waals surface area contributed by atoms with Crippen LogP contribution in [0.5, 0.6) is 0 Å². The van der Waals surface area contributed by atoms with E-state index in [4.69, 9.17) is 0 Å². The first-order valence-corrected chi connectivity index (χ1v) is 5.69. The van der Waals surface area contributed by atoms with Crippen LogP contribution in [0.15, 0.2) is 23.8 Å². The fraction of sp³-hybridized carbons (Fsp3) is 0.667. The third-order valence-electron chi connectivity index (χ3n) is 3.44. The third-order valence-corrected chi connectivity index (χ3v) is 3.44. The van der Waals surface area contributed by atoms with Gasteiger partial charge in [0.1, 0.15) is 0 Å². The fourth-order valence-corrected chi connectivity index (χ4v) is 2.57. The molecule has 0 aromatic carbocycles. The van der Waals surface area contributed by atoms with Gasteiger partial charge in [-0.05, 0) is 31.2 Å². The molecule has 0 amide bonds. The lowest BCUT2D eigenvalue weighted by atomic mass is 9.81. The van der Waals surface area contributed by atoms with Crippen molar-refractivity contribution < 1.29 is 13.2 Å². The molecule has 2 rings (SSSR count). The molecule has 90 valence electrons. The van der Waals surface area contributed by atoms with E-state index in [1.54, 1.807) is 6.08 Å². The van der Waals surface area contributed by atoms with E-state index in [-0.39, 0.29) is 11.8 Å². The van der Waals surface area contributed by atoms with Crippen LogP contribution in [-0.4, -0.2) is 18.8 Å². The van der Waals surface area contributed by atoms with Crippen LogP contribution >= 0.6 is 0 Å². The number of rotatable bonds is 1. The summed E-state index contributed by atoms with van der Waals surface area (Å²) in [6, 6.07) is 0.345. The number of nitrogens with one attached hydrogen (secondary N) is 1. The summed E-state index contributed by atoms with van der Waals surface area (Å²) >= 11 is 0. The van der Waals surface area contributed by atoms with Gasteiger partial charge in [0, 0.05) is 6.04 Å². The summed E-state index contributed by atoms with van der Waals surface area (Å²) < 4.78 is 37.5. The molecule has 0 aromatic heterocycles. The van der Waals surface area contributed by atoms with Crippen molar-refractivity contribution in [3.8, 4) is 0 Å². The quantitative estimate of drug-likeness (QED) is 0.731. The molecule has 1 saturated heterocycles. The van der Waals surface area contributed by atoms with Gasteiger partial charge in [-0.2, -0.15) is 13.2 Å². The Morgan fingerprint density at radius 2 is 2.12 bits per heavy atom. The van der Waals surface area contributed by atoms with Crippen LogP contribution in [0.25, 0.3) is 0 Å². The molecule has 1 heterocycles. The monoisotopic (exact) mass is 231 g/mol. The predicted molar refractivity (Wildman–Crippen MR) is 57.0 cm³/mol. The maximum absolute atomic E-state index is 12.5. The average Bonchev–Trinajstić information content (AvgIpc) is 2.69. The third kappa shape index (κ3) is 2.32. The minimum atomic E-state index is -4.21. The van der Waals surface area contributed by atoms with Gasteiger partial charge in [0.2, 0.25) is 0 Å². The molecule has 3 unspecified atom stereocenters. The average molecular weight is 231 g/mol. The SMILES string of the molecule is CC1C=C(C(F)(F)F)C=CC1C1CCCN1. The molecule has 4 heteroatoms. The topological polar surface area (TPSA) is 12.0 Å². The second-order valence-electron chi connectivity index (χ2n) is 4.62. The molecule has 1 fully saturated rings. The van der Waals surface area contributed by atoms with E-state index >= 15 is 0 Å². The zero-order valence-electron chi connectivity index (χ0n) is 9.22. The minimum Gasteiger partial charge on any atom is -0.313 e. The molecule has 0 spiro atoms. The molecule has 3 atom stereocenters. The zero-order chi connectivity index (χ0) is 11.8. The number of allylic oxidation sites excluding steroid dienone is 3. The Bertz CT molecular complexity index is 311. The van der Waals surface area contributed by atoms with Gasteiger partial charge < -0.3 is 5.32 Å². The van der Waals surface area contributed by atoms with Gasteiger partial charge in [0.15, 0.2) is 0 Å². The van der Waals surface area contributed by atoms with Crippen LogP contribution in [0, 0.1) is 11.8 Å². The summed E-state index contributed by atoms with van der Waals surface area (Å²) in [5, 5.41) is 3.35. The standard InChI is InChI=1S/C12H16F3N/c1-8-7-9(12(13,14)15)4-5-10(8)11-3-2-6-16-11/h4-5,7-8,10-11,16H,2-3,6H2,1H3. The van der Waals surface area contributed by atoms with E-state index in [0.717, 1.165) is 19.4 Å². The van der Waals surface area contributed by atoms with Crippen LogP contribution in [0.4, 0.5) is 13.2 Å². The lowest BCUT2D eigenvalue weighted by Crippen LogP contribution is -2.34. The van der Waals surface area contributed by atoms with Gasteiger partial charge >= 0.3 is 6.18 Å². The summed E-state index contributed by atoms with van der Waals surface area (Å²) in [5.74, 6) is 0.158. The molecule has 1 nitrogen and oxygen atoms in total. The van der Waals surface area contributed by atoms with E-state index in [0.29, 0.717) is 6.04 Å². The highest BCUT2D eigenvalue weighted by Crippen LogP contribution is 2.35. The molecule has 1 aliphatic carbocycles. The Morgan fingerprint density at radius 3 is 2.62 bits per heavy atom. The van der Waals surface area contributed by atoms with Crippen molar-refractivity contribution in [2.75, 3.05) is 6.54 Å². The summed E-state index contributed by atoms with van der Waals surface area (Å²) in [4.78, 5) is 0. The summed E-state index contributed by atoms with van der Waals surface area (Å²) in [7, 11) is 0.